The van der Waals surface area contributed by atoms with Crippen molar-refractivity contribution in [1.29, 1.82) is 0 Å². The van der Waals surface area contributed by atoms with Gasteiger partial charge in [0.05, 0.1) is 12.6 Å². The highest BCUT2D eigenvalue weighted by molar-refractivity contribution is 5.59. The standard InChI is InChI=1S/C14H22N2O/c1-11-7-12(15)9-14(8-11)16-6-4-2-3-5-13(16)10-17/h7-9,13,17H,2-6,10,15H2,1H3. The summed E-state index contributed by atoms with van der Waals surface area (Å²) in [6.07, 6.45) is 4.74. The van der Waals surface area contributed by atoms with Crippen LogP contribution in [0.25, 0.3) is 0 Å². The first-order chi connectivity index (χ1) is 8.20. The van der Waals surface area contributed by atoms with E-state index >= 15 is 0 Å². The number of aliphatic hydroxyl groups excluding tert-OH is 1. The summed E-state index contributed by atoms with van der Waals surface area (Å²) in [4.78, 5) is 2.32. The van der Waals surface area contributed by atoms with E-state index in [1.54, 1.807) is 0 Å². The van der Waals surface area contributed by atoms with Crippen LogP contribution in [-0.2, 0) is 0 Å². The zero-order chi connectivity index (χ0) is 12.3. The molecule has 1 aliphatic heterocycles. The Morgan fingerprint density at radius 1 is 1.29 bits per heavy atom. The molecule has 0 aromatic heterocycles. The third-order valence-electron chi connectivity index (χ3n) is 3.50. The Kier molecular flexibility index (Phi) is 3.89. The molecule has 1 fully saturated rings. The summed E-state index contributed by atoms with van der Waals surface area (Å²) < 4.78 is 0. The monoisotopic (exact) mass is 234 g/mol. The molecule has 2 rings (SSSR count). The van der Waals surface area contributed by atoms with E-state index in [1.165, 1.54) is 24.8 Å². The van der Waals surface area contributed by atoms with Gasteiger partial charge in [-0.3, -0.25) is 0 Å². The van der Waals surface area contributed by atoms with Crippen LogP contribution >= 0.6 is 0 Å². The summed E-state index contributed by atoms with van der Waals surface area (Å²) in [5, 5.41) is 9.51. The van der Waals surface area contributed by atoms with Gasteiger partial charge in [0.25, 0.3) is 0 Å². The van der Waals surface area contributed by atoms with Gasteiger partial charge in [0.1, 0.15) is 0 Å². The number of nitrogens with zero attached hydrogens (tertiary/aromatic N) is 1. The molecule has 1 unspecified atom stereocenters. The molecule has 3 heteroatoms. The third kappa shape index (κ3) is 2.91. The van der Waals surface area contributed by atoms with E-state index < -0.39 is 0 Å². The van der Waals surface area contributed by atoms with Gasteiger partial charge in [-0.05, 0) is 43.5 Å². The molecule has 3 nitrogen and oxygen atoms in total. The number of anilines is 2. The first-order valence-corrected chi connectivity index (χ1v) is 6.45. The molecule has 0 radical (unpaired) electrons. The third-order valence-corrected chi connectivity index (χ3v) is 3.50. The van der Waals surface area contributed by atoms with Crippen molar-refractivity contribution in [3.63, 3.8) is 0 Å². The summed E-state index contributed by atoms with van der Waals surface area (Å²) in [6.45, 7) is 3.31. The lowest BCUT2D eigenvalue weighted by atomic mass is 10.1. The fourth-order valence-corrected chi connectivity index (χ4v) is 2.66. The molecule has 1 aromatic carbocycles. The van der Waals surface area contributed by atoms with E-state index in [4.69, 9.17) is 5.73 Å². The number of nitrogens with two attached hydrogens (primary N) is 1. The van der Waals surface area contributed by atoms with Gasteiger partial charge in [-0.25, -0.2) is 0 Å². The zero-order valence-electron chi connectivity index (χ0n) is 10.5. The molecular weight excluding hydrogens is 212 g/mol. The highest BCUT2D eigenvalue weighted by Crippen LogP contribution is 2.26. The highest BCUT2D eigenvalue weighted by atomic mass is 16.3. The zero-order valence-corrected chi connectivity index (χ0v) is 10.5. The second-order valence-corrected chi connectivity index (χ2v) is 4.98. The van der Waals surface area contributed by atoms with Crippen molar-refractivity contribution in [1.82, 2.24) is 0 Å². The quantitative estimate of drug-likeness (QED) is 0.772. The van der Waals surface area contributed by atoms with Crippen molar-refractivity contribution in [2.24, 2.45) is 0 Å². The van der Waals surface area contributed by atoms with Crippen LogP contribution in [0.2, 0.25) is 0 Å². The first kappa shape index (κ1) is 12.2. The molecule has 1 aromatic rings. The molecule has 1 aliphatic rings. The molecule has 0 aliphatic carbocycles. The predicted octanol–water partition coefficient (Wildman–Crippen LogP) is 2.32. The normalized spacial score (nSPS) is 21.3. The molecule has 1 saturated heterocycles. The van der Waals surface area contributed by atoms with E-state index in [2.05, 4.69) is 17.9 Å². The molecule has 0 spiro atoms. The summed E-state index contributed by atoms with van der Waals surface area (Å²) >= 11 is 0. The van der Waals surface area contributed by atoms with E-state index in [0.29, 0.717) is 0 Å². The minimum atomic E-state index is 0.230. The summed E-state index contributed by atoms with van der Waals surface area (Å²) in [5.74, 6) is 0. The second-order valence-electron chi connectivity index (χ2n) is 4.98. The van der Waals surface area contributed by atoms with Gasteiger partial charge in [0.15, 0.2) is 0 Å². The Hall–Kier alpha value is -1.22. The van der Waals surface area contributed by atoms with Crippen LogP contribution in [0.5, 0.6) is 0 Å². The molecule has 0 amide bonds. The number of rotatable bonds is 2. The van der Waals surface area contributed by atoms with Crippen LogP contribution in [0.15, 0.2) is 18.2 Å². The maximum Gasteiger partial charge on any atom is 0.0635 e. The maximum absolute atomic E-state index is 9.51. The smallest absolute Gasteiger partial charge is 0.0635 e. The minimum Gasteiger partial charge on any atom is -0.399 e. The molecule has 1 heterocycles. The number of benzene rings is 1. The number of hydrogen-bond acceptors (Lipinski definition) is 3. The van der Waals surface area contributed by atoms with Gasteiger partial charge in [-0.1, -0.05) is 12.8 Å². The summed E-state index contributed by atoms with van der Waals surface area (Å²) in [6, 6.07) is 6.40. The lowest BCUT2D eigenvalue weighted by Crippen LogP contribution is -2.37. The minimum absolute atomic E-state index is 0.230. The van der Waals surface area contributed by atoms with Gasteiger partial charge in [0, 0.05) is 17.9 Å². The van der Waals surface area contributed by atoms with Crippen molar-refractivity contribution < 1.29 is 5.11 Å². The number of aryl methyl sites for hydroxylation is 1. The van der Waals surface area contributed by atoms with E-state index in [-0.39, 0.29) is 12.6 Å². The molecule has 0 bridgehead atoms. The Morgan fingerprint density at radius 2 is 2.12 bits per heavy atom. The Balaban J connectivity index is 2.27. The van der Waals surface area contributed by atoms with Gasteiger partial charge >= 0.3 is 0 Å². The summed E-state index contributed by atoms with van der Waals surface area (Å²) in [5.41, 5.74) is 9.05. The van der Waals surface area contributed by atoms with Crippen LogP contribution in [-0.4, -0.2) is 24.3 Å². The molecule has 3 N–H and O–H groups in total. The second kappa shape index (κ2) is 5.41. The first-order valence-electron chi connectivity index (χ1n) is 6.45. The van der Waals surface area contributed by atoms with Crippen LogP contribution in [0.1, 0.15) is 31.2 Å². The van der Waals surface area contributed by atoms with Crippen LogP contribution in [0, 0.1) is 6.92 Å². The predicted molar refractivity (Wildman–Crippen MR) is 72.3 cm³/mol. The van der Waals surface area contributed by atoms with E-state index in [1.807, 2.05) is 12.1 Å². The van der Waals surface area contributed by atoms with Crippen molar-refractivity contribution >= 4 is 11.4 Å². The van der Waals surface area contributed by atoms with Crippen molar-refractivity contribution in [2.75, 3.05) is 23.8 Å². The largest absolute Gasteiger partial charge is 0.399 e. The average Bonchev–Trinajstić information content (AvgIpc) is 2.52. The topological polar surface area (TPSA) is 49.5 Å². The van der Waals surface area contributed by atoms with Crippen LogP contribution in [0.3, 0.4) is 0 Å². The van der Waals surface area contributed by atoms with Gasteiger partial charge in [-0.15, -0.1) is 0 Å². The Morgan fingerprint density at radius 3 is 2.82 bits per heavy atom. The molecular formula is C14H22N2O. The molecule has 17 heavy (non-hydrogen) atoms. The van der Waals surface area contributed by atoms with Gasteiger partial charge in [0.2, 0.25) is 0 Å². The molecule has 1 atom stereocenters. The number of nitrogen functional groups attached to an aromatic ring is 1. The van der Waals surface area contributed by atoms with Crippen molar-refractivity contribution in [3.05, 3.63) is 23.8 Å². The average molecular weight is 234 g/mol. The van der Waals surface area contributed by atoms with Crippen molar-refractivity contribution in [3.8, 4) is 0 Å². The van der Waals surface area contributed by atoms with Gasteiger partial charge < -0.3 is 15.7 Å². The lowest BCUT2D eigenvalue weighted by Gasteiger charge is -2.31. The van der Waals surface area contributed by atoms with Crippen LogP contribution < -0.4 is 10.6 Å². The fourth-order valence-electron chi connectivity index (χ4n) is 2.66. The van der Waals surface area contributed by atoms with Gasteiger partial charge in [-0.2, -0.15) is 0 Å². The highest BCUT2D eigenvalue weighted by Gasteiger charge is 2.20. The lowest BCUT2D eigenvalue weighted by molar-refractivity contribution is 0.255. The SMILES string of the molecule is Cc1cc(N)cc(N2CCCCCC2CO)c1. The van der Waals surface area contributed by atoms with Crippen molar-refractivity contribution in [2.45, 2.75) is 38.6 Å². The van der Waals surface area contributed by atoms with Crippen LogP contribution in [0.4, 0.5) is 11.4 Å². The summed E-state index contributed by atoms with van der Waals surface area (Å²) in [7, 11) is 0. The molecule has 94 valence electrons. The Bertz CT molecular complexity index is 358. The maximum atomic E-state index is 9.51. The van der Waals surface area contributed by atoms with E-state index in [0.717, 1.165) is 24.3 Å². The molecule has 0 saturated carbocycles. The number of aliphatic hydroxyl groups is 1. The number of hydrogen-bond donors (Lipinski definition) is 2. The Labute approximate surface area is 103 Å². The fraction of sp³-hybridized carbons (Fsp3) is 0.571. The van der Waals surface area contributed by atoms with E-state index in [9.17, 15) is 5.11 Å².